The van der Waals surface area contributed by atoms with E-state index in [1.54, 1.807) is 37.4 Å². The molecular formula is C23H24FN3O3. The van der Waals surface area contributed by atoms with Gasteiger partial charge in [-0.15, -0.1) is 0 Å². The summed E-state index contributed by atoms with van der Waals surface area (Å²) in [6.07, 6.45) is 3.84. The van der Waals surface area contributed by atoms with E-state index in [9.17, 15) is 14.3 Å². The van der Waals surface area contributed by atoms with Crippen LogP contribution in [-0.2, 0) is 13.2 Å². The number of aromatic amines is 1. The summed E-state index contributed by atoms with van der Waals surface area (Å²) < 4.78 is 19.7. The van der Waals surface area contributed by atoms with Crippen molar-refractivity contribution in [2.75, 3.05) is 6.61 Å². The molecule has 0 unspecified atom stereocenters. The molecular weight excluding hydrogens is 385 g/mol. The summed E-state index contributed by atoms with van der Waals surface area (Å²) in [7, 11) is 0. The fourth-order valence-electron chi connectivity index (χ4n) is 3.19. The molecule has 1 heterocycles. The molecule has 0 spiro atoms. The van der Waals surface area contributed by atoms with Gasteiger partial charge < -0.3 is 15.2 Å². The van der Waals surface area contributed by atoms with E-state index >= 15 is 0 Å². The highest BCUT2D eigenvalue weighted by atomic mass is 19.1. The molecule has 1 aromatic heterocycles. The maximum atomic E-state index is 13.8. The number of nitrogens with one attached hydrogen (secondary N) is 2. The summed E-state index contributed by atoms with van der Waals surface area (Å²) in [6, 6.07) is 10.2. The van der Waals surface area contributed by atoms with Crippen LogP contribution in [-0.4, -0.2) is 27.8 Å². The van der Waals surface area contributed by atoms with Crippen LogP contribution in [0, 0.1) is 18.7 Å². The fraction of sp³-hybridized carbons (Fsp3) is 0.304. The number of rotatable bonds is 8. The van der Waals surface area contributed by atoms with Crippen LogP contribution in [0.5, 0.6) is 5.75 Å². The van der Waals surface area contributed by atoms with Crippen molar-refractivity contribution < 1.29 is 19.0 Å². The molecule has 1 saturated carbocycles. The maximum absolute atomic E-state index is 13.8. The van der Waals surface area contributed by atoms with Gasteiger partial charge in [-0.05, 0) is 61.1 Å². The Kier molecular flexibility index (Phi) is 5.81. The molecule has 0 saturated heterocycles. The van der Waals surface area contributed by atoms with Crippen molar-refractivity contribution in [3.8, 4) is 17.0 Å². The average Bonchev–Trinajstić information content (AvgIpc) is 3.47. The van der Waals surface area contributed by atoms with Gasteiger partial charge in [-0.3, -0.25) is 9.89 Å². The first-order valence-electron chi connectivity index (χ1n) is 9.98. The second kappa shape index (κ2) is 8.67. The van der Waals surface area contributed by atoms with Crippen molar-refractivity contribution >= 4 is 5.91 Å². The number of hydrogen-bond donors (Lipinski definition) is 3. The minimum Gasteiger partial charge on any atom is -0.492 e. The van der Waals surface area contributed by atoms with Crippen molar-refractivity contribution in [3.05, 3.63) is 70.7 Å². The molecule has 0 aliphatic heterocycles. The van der Waals surface area contributed by atoms with Gasteiger partial charge in [-0.2, -0.15) is 5.10 Å². The smallest absolute Gasteiger partial charge is 0.255 e. The van der Waals surface area contributed by atoms with Crippen molar-refractivity contribution in [1.29, 1.82) is 0 Å². The quantitative estimate of drug-likeness (QED) is 0.529. The Morgan fingerprint density at radius 2 is 2.13 bits per heavy atom. The van der Waals surface area contributed by atoms with E-state index in [1.807, 2.05) is 6.07 Å². The van der Waals surface area contributed by atoms with Crippen molar-refractivity contribution in [2.45, 2.75) is 32.9 Å². The standard InChI is InChI=1S/C23H24FN3O3/c1-14-2-3-16(8-20(14)24)10-25-23(29)19-9-17(22-18(12-28)11-26-27-22)6-7-21(19)30-13-15-4-5-15/h2-3,6-9,11,15,28H,4-5,10,12-13H2,1H3,(H,25,29)(H,26,27). The van der Waals surface area contributed by atoms with Crippen LogP contribution in [0.15, 0.2) is 42.6 Å². The van der Waals surface area contributed by atoms with E-state index in [1.165, 1.54) is 6.07 Å². The highest BCUT2D eigenvalue weighted by Crippen LogP contribution is 2.32. The highest BCUT2D eigenvalue weighted by Gasteiger charge is 2.23. The van der Waals surface area contributed by atoms with Crippen LogP contribution in [0.3, 0.4) is 0 Å². The number of halogens is 1. The number of carbonyl (C=O) groups is 1. The Labute approximate surface area is 174 Å². The summed E-state index contributed by atoms with van der Waals surface area (Å²) in [5.74, 6) is 0.440. The Morgan fingerprint density at radius 1 is 1.30 bits per heavy atom. The molecule has 3 N–H and O–H groups in total. The summed E-state index contributed by atoms with van der Waals surface area (Å²) in [6.45, 7) is 2.32. The molecule has 1 aliphatic carbocycles. The van der Waals surface area contributed by atoms with Crippen molar-refractivity contribution in [1.82, 2.24) is 15.5 Å². The number of benzene rings is 2. The van der Waals surface area contributed by atoms with Gasteiger partial charge in [0.1, 0.15) is 11.6 Å². The van der Waals surface area contributed by atoms with E-state index in [-0.39, 0.29) is 24.9 Å². The van der Waals surface area contributed by atoms with E-state index in [2.05, 4.69) is 15.5 Å². The lowest BCUT2D eigenvalue weighted by Gasteiger charge is -2.14. The molecule has 1 aliphatic rings. The molecule has 156 valence electrons. The number of ether oxygens (including phenoxy) is 1. The number of aryl methyl sites for hydroxylation is 1. The Balaban J connectivity index is 1.57. The van der Waals surface area contributed by atoms with Gasteiger partial charge in [0.15, 0.2) is 0 Å². The summed E-state index contributed by atoms with van der Waals surface area (Å²) in [5, 5.41) is 19.2. The molecule has 30 heavy (non-hydrogen) atoms. The first-order valence-corrected chi connectivity index (χ1v) is 9.98. The van der Waals surface area contributed by atoms with Gasteiger partial charge in [0.2, 0.25) is 0 Å². The molecule has 0 bridgehead atoms. The zero-order valence-electron chi connectivity index (χ0n) is 16.7. The predicted octanol–water partition coefficient (Wildman–Crippen LogP) is 3.74. The third-order valence-electron chi connectivity index (χ3n) is 5.26. The molecule has 0 atom stereocenters. The Hall–Kier alpha value is -3.19. The zero-order chi connectivity index (χ0) is 21.1. The lowest BCUT2D eigenvalue weighted by molar-refractivity contribution is 0.0946. The SMILES string of the molecule is Cc1ccc(CNC(=O)c2cc(-c3[nH]ncc3CO)ccc2OCC2CC2)cc1F. The number of carbonyl (C=O) groups excluding carboxylic acids is 1. The summed E-state index contributed by atoms with van der Waals surface area (Å²) >= 11 is 0. The van der Waals surface area contributed by atoms with Gasteiger partial charge in [-0.25, -0.2) is 4.39 Å². The van der Waals surface area contributed by atoms with Crippen LogP contribution in [0.4, 0.5) is 4.39 Å². The largest absolute Gasteiger partial charge is 0.492 e. The number of hydrogen-bond acceptors (Lipinski definition) is 4. The number of aliphatic hydroxyl groups excluding tert-OH is 1. The summed E-state index contributed by atoms with van der Waals surface area (Å²) in [5.41, 5.74) is 3.65. The first kappa shape index (κ1) is 20.1. The monoisotopic (exact) mass is 409 g/mol. The molecule has 1 amide bonds. The molecule has 6 nitrogen and oxygen atoms in total. The van der Waals surface area contributed by atoms with Crippen LogP contribution in [0.1, 0.15) is 39.9 Å². The molecule has 7 heteroatoms. The normalized spacial score (nSPS) is 13.3. The molecule has 4 rings (SSSR count). The minimum atomic E-state index is -0.311. The maximum Gasteiger partial charge on any atom is 0.255 e. The summed E-state index contributed by atoms with van der Waals surface area (Å²) in [4.78, 5) is 13.0. The predicted molar refractivity (Wildman–Crippen MR) is 110 cm³/mol. The molecule has 0 radical (unpaired) electrons. The Bertz CT molecular complexity index is 1060. The zero-order valence-corrected chi connectivity index (χ0v) is 16.7. The fourth-order valence-corrected chi connectivity index (χ4v) is 3.19. The second-order valence-electron chi connectivity index (χ2n) is 7.66. The topological polar surface area (TPSA) is 87.2 Å². The van der Waals surface area contributed by atoms with Crippen molar-refractivity contribution in [3.63, 3.8) is 0 Å². The molecule has 3 aromatic rings. The Morgan fingerprint density at radius 3 is 2.87 bits per heavy atom. The number of nitrogens with zero attached hydrogens (tertiary/aromatic N) is 1. The number of H-pyrrole nitrogens is 1. The van der Waals surface area contributed by atoms with Gasteiger partial charge >= 0.3 is 0 Å². The van der Waals surface area contributed by atoms with E-state index in [0.29, 0.717) is 46.2 Å². The van der Waals surface area contributed by atoms with Crippen LogP contribution in [0.2, 0.25) is 0 Å². The molecule has 2 aromatic carbocycles. The highest BCUT2D eigenvalue weighted by molar-refractivity contribution is 5.98. The first-order chi connectivity index (χ1) is 14.5. The third-order valence-corrected chi connectivity index (χ3v) is 5.26. The van der Waals surface area contributed by atoms with E-state index in [0.717, 1.165) is 18.4 Å². The lowest BCUT2D eigenvalue weighted by atomic mass is 10.0. The average molecular weight is 409 g/mol. The minimum absolute atomic E-state index is 0.160. The van der Waals surface area contributed by atoms with E-state index < -0.39 is 0 Å². The lowest BCUT2D eigenvalue weighted by Crippen LogP contribution is -2.24. The van der Waals surface area contributed by atoms with Gasteiger partial charge in [0.25, 0.3) is 5.91 Å². The number of amides is 1. The van der Waals surface area contributed by atoms with Crippen LogP contribution < -0.4 is 10.1 Å². The van der Waals surface area contributed by atoms with Gasteiger partial charge in [0.05, 0.1) is 30.7 Å². The van der Waals surface area contributed by atoms with Gasteiger partial charge in [-0.1, -0.05) is 12.1 Å². The number of aliphatic hydroxyl groups is 1. The van der Waals surface area contributed by atoms with Crippen LogP contribution in [0.25, 0.3) is 11.3 Å². The molecule has 1 fully saturated rings. The van der Waals surface area contributed by atoms with Gasteiger partial charge in [0, 0.05) is 17.7 Å². The van der Waals surface area contributed by atoms with Crippen LogP contribution >= 0.6 is 0 Å². The second-order valence-corrected chi connectivity index (χ2v) is 7.66. The number of aromatic nitrogens is 2. The third kappa shape index (κ3) is 4.52. The van der Waals surface area contributed by atoms with E-state index in [4.69, 9.17) is 4.74 Å². The van der Waals surface area contributed by atoms with Crippen molar-refractivity contribution in [2.24, 2.45) is 5.92 Å².